The number of carboxylic acids is 1. The van der Waals surface area contributed by atoms with E-state index in [1.54, 1.807) is 0 Å². The zero-order valence-corrected chi connectivity index (χ0v) is 9.70. The smallest absolute Gasteiger partial charge is 0.337 e. The van der Waals surface area contributed by atoms with Gasteiger partial charge in [-0.25, -0.2) is 9.18 Å². The van der Waals surface area contributed by atoms with Crippen molar-refractivity contribution in [3.05, 3.63) is 46.2 Å². The Balaban J connectivity index is 2.31. The Morgan fingerprint density at radius 1 is 1.39 bits per heavy atom. The number of nitrogens with zero attached hydrogens (tertiary/aromatic N) is 1. The number of rotatable bonds is 3. The van der Waals surface area contributed by atoms with Crippen LogP contribution >= 0.6 is 11.3 Å². The molecule has 0 atom stereocenters. The normalized spacial score (nSPS) is 10.1. The van der Waals surface area contributed by atoms with E-state index in [1.807, 2.05) is 0 Å². The van der Waals surface area contributed by atoms with Gasteiger partial charge in [-0.05, 0) is 18.2 Å². The van der Waals surface area contributed by atoms with Crippen molar-refractivity contribution in [2.24, 2.45) is 0 Å². The number of carboxylic acid groups (broad SMARTS) is 1. The Morgan fingerprint density at radius 2 is 2.17 bits per heavy atom. The third-order valence-corrected chi connectivity index (χ3v) is 2.89. The second-order valence-corrected chi connectivity index (χ2v) is 4.20. The van der Waals surface area contributed by atoms with Crippen molar-refractivity contribution < 1.29 is 19.1 Å². The van der Waals surface area contributed by atoms with Crippen molar-refractivity contribution in [2.75, 3.05) is 5.32 Å². The predicted molar refractivity (Wildman–Crippen MR) is 63.4 cm³/mol. The van der Waals surface area contributed by atoms with Gasteiger partial charge in [0.15, 0.2) is 0 Å². The highest BCUT2D eigenvalue weighted by atomic mass is 32.1. The molecule has 18 heavy (non-hydrogen) atoms. The van der Waals surface area contributed by atoms with Crippen LogP contribution in [-0.4, -0.2) is 22.0 Å². The Labute approximate surface area is 105 Å². The maximum Gasteiger partial charge on any atom is 0.337 e. The van der Waals surface area contributed by atoms with Crippen LogP contribution in [0.2, 0.25) is 0 Å². The first-order valence-corrected chi connectivity index (χ1v) is 5.68. The summed E-state index contributed by atoms with van der Waals surface area (Å²) in [7, 11) is 0. The lowest BCUT2D eigenvalue weighted by molar-refractivity contribution is 0.0698. The number of hydrogen-bond acceptors (Lipinski definition) is 4. The van der Waals surface area contributed by atoms with Crippen LogP contribution in [-0.2, 0) is 0 Å². The number of anilines is 1. The Bertz CT molecular complexity index is 598. The minimum Gasteiger partial charge on any atom is -0.478 e. The van der Waals surface area contributed by atoms with E-state index < -0.39 is 17.7 Å². The first-order chi connectivity index (χ1) is 8.58. The summed E-state index contributed by atoms with van der Waals surface area (Å²) >= 11 is 1.10. The molecule has 2 rings (SSSR count). The average molecular weight is 266 g/mol. The number of aromatic nitrogens is 1. The van der Waals surface area contributed by atoms with E-state index in [0.717, 1.165) is 29.5 Å². The first kappa shape index (κ1) is 12.2. The molecule has 1 aromatic heterocycles. The standard InChI is InChI=1S/C11H7FN2O3S/c12-6-1-2-7(11(16)17)8(3-6)14-10(15)9-4-13-5-18-9/h1-5H,(H,14,15)(H,16,17). The van der Waals surface area contributed by atoms with E-state index in [2.05, 4.69) is 10.3 Å². The minimum absolute atomic E-state index is 0.0825. The van der Waals surface area contributed by atoms with E-state index >= 15 is 0 Å². The summed E-state index contributed by atoms with van der Waals surface area (Å²) in [6, 6.07) is 3.08. The molecule has 92 valence electrons. The summed E-state index contributed by atoms with van der Waals surface area (Å²) < 4.78 is 13.0. The lowest BCUT2D eigenvalue weighted by atomic mass is 10.1. The molecule has 0 radical (unpaired) electrons. The molecule has 0 unspecified atom stereocenters. The van der Waals surface area contributed by atoms with Gasteiger partial charge in [0.05, 0.1) is 23.0 Å². The summed E-state index contributed by atoms with van der Waals surface area (Å²) in [5.41, 5.74) is 1.22. The van der Waals surface area contributed by atoms with Gasteiger partial charge in [0, 0.05) is 0 Å². The highest BCUT2D eigenvalue weighted by molar-refractivity contribution is 7.11. The molecule has 0 saturated heterocycles. The number of hydrogen-bond donors (Lipinski definition) is 2. The molecular formula is C11H7FN2O3S. The molecule has 2 aromatic rings. The number of thiazole rings is 1. The molecule has 0 spiro atoms. The average Bonchev–Trinajstić information content (AvgIpc) is 2.81. The molecule has 0 fully saturated rings. The number of aromatic carboxylic acids is 1. The monoisotopic (exact) mass is 266 g/mol. The lowest BCUT2D eigenvalue weighted by Crippen LogP contribution is -2.13. The summed E-state index contributed by atoms with van der Waals surface area (Å²) in [5, 5.41) is 11.3. The maximum atomic E-state index is 13.0. The second-order valence-electron chi connectivity index (χ2n) is 3.31. The molecule has 0 aliphatic carbocycles. The van der Waals surface area contributed by atoms with Crippen LogP contribution in [0.25, 0.3) is 0 Å². The third kappa shape index (κ3) is 2.51. The highest BCUT2D eigenvalue weighted by Gasteiger charge is 2.15. The zero-order valence-electron chi connectivity index (χ0n) is 8.88. The van der Waals surface area contributed by atoms with Crippen LogP contribution in [0.15, 0.2) is 29.9 Å². The van der Waals surface area contributed by atoms with Gasteiger partial charge in [-0.1, -0.05) is 0 Å². The number of benzene rings is 1. The van der Waals surface area contributed by atoms with E-state index in [4.69, 9.17) is 5.11 Å². The molecular weight excluding hydrogens is 259 g/mol. The van der Waals surface area contributed by atoms with E-state index in [1.165, 1.54) is 11.7 Å². The SMILES string of the molecule is O=C(Nc1cc(F)ccc1C(=O)O)c1cncs1. The van der Waals surface area contributed by atoms with Crippen molar-refractivity contribution >= 4 is 28.9 Å². The molecule has 0 bridgehead atoms. The Hall–Kier alpha value is -2.28. The van der Waals surface area contributed by atoms with Crippen molar-refractivity contribution in [1.82, 2.24) is 4.98 Å². The lowest BCUT2D eigenvalue weighted by Gasteiger charge is -2.07. The summed E-state index contributed by atoms with van der Waals surface area (Å²) in [4.78, 5) is 26.7. The quantitative estimate of drug-likeness (QED) is 0.892. The summed E-state index contributed by atoms with van der Waals surface area (Å²) in [5.74, 6) is -2.39. The second kappa shape index (κ2) is 4.92. The molecule has 0 saturated carbocycles. The van der Waals surface area contributed by atoms with Crippen molar-refractivity contribution in [3.63, 3.8) is 0 Å². The van der Waals surface area contributed by atoms with E-state index in [9.17, 15) is 14.0 Å². The highest BCUT2D eigenvalue weighted by Crippen LogP contribution is 2.19. The van der Waals surface area contributed by atoms with Gasteiger partial charge < -0.3 is 10.4 Å². The van der Waals surface area contributed by atoms with Gasteiger partial charge >= 0.3 is 5.97 Å². The number of carbonyl (C=O) groups excluding carboxylic acids is 1. The first-order valence-electron chi connectivity index (χ1n) is 4.80. The molecule has 1 heterocycles. The Morgan fingerprint density at radius 3 is 2.78 bits per heavy atom. The molecule has 2 N–H and O–H groups in total. The number of halogens is 1. The number of amides is 1. The Kier molecular flexibility index (Phi) is 3.33. The zero-order chi connectivity index (χ0) is 13.1. The van der Waals surface area contributed by atoms with Crippen LogP contribution in [0.5, 0.6) is 0 Å². The fourth-order valence-corrected chi connectivity index (χ4v) is 1.83. The van der Waals surface area contributed by atoms with E-state index in [-0.39, 0.29) is 11.3 Å². The molecule has 0 aliphatic rings. The van der Waals surface area contributed by atoms with Crippen LogP contribution in [0.1, 0.15) is 20.0 Å². The van der Waals surface area contributed by atoms with Crippen LogP contribution in [0, 0.1) is 5.82 Å². The van der Waals surface area contributed by atoms with Crippen LogP contribution < -0.4 is 5.32 Å². The largest absolute Gasteiger partial charge is 0.478 e. The van der Waals surface area contributed by atoms with Gasteiger partial charge in [-0.15, -0.1) is 11.3 Å². The fraction of sp³-hybridized carbons (Fsp3) is 0. The third-order valence-electron chi connectivity index (χ3n) is 2.12. The number of carbonyl (C=O) groups is 2. The number of nitrogens with one attached hydrogen (secondary N) is 1. The summed E-state index contributed by atoms with van der Waals surface area (Å²) in [6.07, 6.45) is 1.35. The molecule has 0 aliphatic heterocycles. The summed E-state index contributed by atoms with van der Waals surface area (Å²) in [6.45, 7) is 0. The van der Waals surface area contributed by atoms with Gasteiger partial charge in [-0.2, -0.15) is 0 Å². The van der Waals surface area contributed by atoms with Gasteiger partial charge in [0.2, 0.25) is 0 Å². The van der Waals surface area contributed by atoms with Crippen molar-refractivity contribution in [3.8, 4) is 0 Å². The minimum atomic E-state index is -1.24. The van der Waals surface area contributed by atoms with Crippen LogP contribution in [0.4, 0.5) is 10.1 Å². The van der Waals surface area contributed by atoms with Gasteiger partial charge in [0.1, 0.15) is 10.7 Å². The molecule has 7 heteroatoms. The molecule has 5 nitrogen and oxygen atoms in total. The van der Waals surface area contributed by atoms with E-state index in [0.29, 0.717) is 4.88 Å². The maximum absolute atomic E-state index is 13.0. The topological polar surface area (TPSA) is 79.3 Å². The van der Waals surface area contributed by atoms with Crippen LogP contribution in [0.3, 0.4) is 0 Å². The fourth-order valence-electron chi connectivity index (χ4n) is 1.32. The van der Waals surface area contributed by atoms with Crippen molar-refractivity contribution in [2.45, 2.75) is 0 Å². The molecule has 1 aromatic carbocycles. The predicted octanol–water partition coefficient (Wildman–Crippen LogP) is 2.23. The van der Waals surface area contributed by atoms with Gasteiger partial charge in [0.25, 0.3) is 5.91 Å². The van der Waals surface area contributed by atoms with Crippen molar-refractivity contribution in [1.29, 1.82) is 0 Å². The van der Waals surface area contributed by atoms with Gasteiger partial charge in [-0.3, -0.25) is 9.78 Å². The molecule has 1 amide bonds.